The lowest BCUT2D eigenvalue weighted by molar-refractivity contribution is -0.142. The molecule has 0 spiro atoms. The number of hydrogen-bond acceptors (Lipinski definition) is 4. The fraction of sp³-hybridized carbons (Fsp3) is 0.353. The minimum absolute atomic E-state index is 0.0292. The Kier molecular flexibility index (Phi) is 4.10. The van der Waals surface area contributed by atoms with E-state index in [1.54, 1.807) is 12.3 Å². The Morgan fingerprint density at radius 2 is 2.30 bits per heavy atom. The highest BCUT2D eigenvalue weighted by Crippen LogP contribution is 2.36. The lowest BCUT2D eigenvalue weighted by Gasteiger charge is -2.38. The summed E-state index contributed by atoms with van der Waals surface area (Å²) in [5.41, 5.74) is 2.06. The Morgan fingerprint density at radius 1 is 1.52 bits per heavy atom. The largest absolute Gasteiger partial charge is 0.481 e. The van der Waals surface area contributed by atoms with E-state index in [0.29, 0.717) is 30.0 Å². The second kappa shape index (κ2) is 6.05. The van der Waals surface area contributed by atoms with Crippen LogP contribution in [0.4, 0.5) is 5.69 Å². The second-order valence-electron chi connectivity index (χ2n) is 5.90. The molecule has 1 fully saturated rings. The number of carboxylic acids is 1. The van der Waals surface area contributed by atoms with Gasteiger partial charge in [0.1, 0.15) is 6.07 Å². The summed E-state index contributed by atoms with van der Waals surface area (Å²) in [4.78, 5) is 17.6. The first kappa shape index (κ1) is 15.6. The molecule has 2 heterocycles. The van der Waals surface area contributed by atoms with E-state index in [0.717, 1.165) is 16.6 Å². The van der Waals surface area contributed by atoms with E-state index in [4.69, 9.17) is 11.6 Å². The van der Waals surface area contributed by atoms with E-state index in [1.165, 1.54) is 0 Å². The van der Waals surface area contributed by atoms with Crippen LogP contribution in [0.5, 0.6) is 0 Å². The number of hydrogen-bond donors (Lipinski definition) is 1. The number of piperidine rings is 1. The maximum Gasteiger partial charge on any atom is 0.306 e. The molecule has 2 aromatic rings. The van der Waals surface area contributed by atoms with Gasteiger partial charge in [0.2, 0.25) is 0 Å². The summed E-state index contributed by atoms with van der Waals surface area (Å²) in [5, 5.41) is 20.1. The molecule has 1 saturated heterocycles. The summed E-state index contributed by atoms with van der Waals surface area (Å²) >= 11 is 6.12. The van der Waals surface area contributed by atoms with Crippen LogP contribution in [0.1, 0.15) is 25.3 Å². The van der Waals surface area contributed by atoms with Gasteiger partial charge in [0.15, 0.2) is 0 Å². The molecule has 5 nitrogen and oxygen atoms in total. The number of aromatic nitrogens is 1. The Morgan fingerprint density at radius 3 is 2.96 bits per heavy atom. The Hall–Kier alpha value is -2.32. The van der Waals surface area contributed by atoms with Crippen LogP contribution in [-0.2, 0) is 4.79 Å². The van der Waals surface area contributed by atoms with Crippen molar-refractivity contribution in [2.75, 3.05) is 11.4 Å². The summed E-state index contributed by atoms with van der Waals surface area (Å²) in [5.74, 6) is -1.08. The number of rotatable bonds is 2. The number of nitriles is 1. The van der Waals surface area contributed by atoms with Crippen molar-refractivity contribution in [2.45, 2.75) is 25.8 Å². The first-order valence-electron chi connectivity index (χ1n) is 7.49. The fourth-order valence-electron chi connectivity index (χ4n) is 3.27. The minimum atomic E-state index is -0.750. The van der Waals surface area contributed by atoms with Gasteiger partial charge in [0, 0.05) is 29.2 Å². The molecule has 1 aromatic carbocycles. The third-order valence-corrected chi connectivity index (χ3v) is 4.67. The van der Waals surface area contributed by atoms with Crippen molar-refractivity contribution in [1.82, 2.24) is 4.98 Å². The fourth-order valence-corrected chi connectivity index (χ4v) is 3.44. The molecule has 0 amide bonds. The van der Waals surface area contributed by atoms with Crippen molar-refractivity contribution in [3.05, 3.63) is 35.0 Å². The first-order valence-corrected chi connectivity index (χ1v) is 7.87. The number of carbonyl (C=O) groups is 1. The second-order valence-corrected chi connectivity index (χ2v) is 6.33. The average molecular weight is 330 g/mol. The monoisotopic (exact) mass is 329 g/mol. The predicted octanol–water partition coefficient (Wildman–Crippen LogP) is 3.45. The van der Waals surface area contributed by atoms with Gasteiger partial charge in [-0.2, -0.15) is 5.26 Å². The number of fused-ring (bicyclic) bond motifs is 1. The highest BCUT2D eigenvalue weighted by atomic mass is 35.5. The van der Waals surface area contributed by atoms with E-state index >= 15 is 0 Å². The SMILES string of the molecule is CC1CC(C(=O)O)CCN1c1c(C#N)cnc2ccc(Cl)cc12. The van der Waals surface area contributed by atoms with Crippen LogP contribution in [0.3, 0.4) is 0 Å². The van der Waals surface area contributed by atoms with Crippen LogP contribution in [0, 0.1) is 17.2 Å². The van der Waals surface area contributed by atoms with Crippen LogP contribution in [0.2, 0.25) is 5.02 Å². The molecule has 1 N–H and O–H groups in total. The van der Waals surface area contributed by atoms with E-state index in [1.807, 2.05) is 19.1 Å². The highest BCUT2D eigenvalue weighted by Gasteiger charge is 2.31. The number of nitrogens with zero attached hydrogens (tertiary/aromatic N) is 3. The quantitative estimate of drug-likeness (QED) is 0.913. The van der Waals surface area contributed by atoms with Crippen molar-refractivity contribution >= 4 is 34.2 Å². The molecule has 0 bridgehead atoms. The molecule has 0 radical (unpaired) electrons. The lowest BCUT2D eigenvalue weighted by Crippen LogP contribution is -2.43. The van der Waals surface area contributed by atoms with E-state index < -0.39 is 5.97 Å². The zero-order valence-electron chi connectivity index (χ0n) is 12.7. The lowest BCUT2D eigenvalue weighted by atomic mass is 9.90. The molecule has 0 aliphatic carbocycles. The predicted molar refractivity (Wildman–Crippen MR) is 88.6 cm³/mol. The van der Waals surface area contributed by atoms with Crippen molar-refractivity contribution in [1.29, 1.82) is 5.26 Å². The van der Waals surface area contributed by atoms with Gasteiger partial charge in [0.05, 0.1) is 22.7 Å². The van der Waals surface area contributed by atoms with Gasteiger partial charge in [0.25, 0.3) is 0 Å². The number of benzene rings is 1. The summed E-state index contributed by atoms with van der Waals surface area (Å²) < 4.78 is 0. The van der Waals surface area contributed by atoms with Gasteiger partial charge < -0.3 is 10.0 Å². The molecule has 3 rings (SSSR count). The smallest absolute Gasteiger partial charge is 0.306 e. The van der Waals surface area contributed by atoms with Gasteiger partial charge in [-0.3, -0.25) is 9.78 Å². The minimum Gasteiger partial charge on any atom is -0.481 e. The van der Waals surface area contributed by atoms with Crippen molar-refractivity contribution in [3.8, 4) is 6.07 Å². The average Bonchev–Trinajstić information content (AvgIpc) is 2.53. The van der Waals surface area contributed by atoms with E-state index in [9.17, 15) is 15.2 Å². The number of anilines is 1. The zero-order valence-corrected chi connectivity index (χ0v) is 13.4. The van der Waals surface area contributed by atoms with Gasteiger partial charge in [-0.15, -0.1) is 0 Å². The molecule has 1 aromatic heterocycles. The molecule has 1 aliphatic rings. The summed E-state index contributed by atoms with van der Waals surface area (Å²) in [6.07, 6.45) is 2.70. The molecule has 1 aliphatic heterocycles. The molecule has 2 atom stereocenters. The number of halogens is 1. The molecule has 23 heavy (non-hydrogen) atoms. The molecule has 0 saturated carbocycles. The Bertz CT molecular complexity index is 815. The third-order valence-electron chi connectivity index (χ3n) is 4.43. The molecule has 118 valence electrons. The van der Waals surface area contributed by atoms with Crippen LogP contribution >= 0.6 is 11.6 Å². The van der Waals surface area contributed by atoms with Gasteiger partial charge >= 0.3 is 5.97 Å². The van der Waals surface area contributed by atoms with E-state index in [2.05, 4.69) is 16.0 Å². The number of pyridine rings is 1. The number of carboxylic acid groups (broad SMARTS) is 1. The third kappa shape index (κ3) is 2.82. The first-order chi connectivity index (χ1) is 11.0. The Labute approximate surface area is 139 Å². The molecular weight excluding hydrogens is 314 g/mol. The normalized spacial score (nSPS) is 21.2. The highest BCUT2D eigenvalue weighted by molar-refractivity contribution is 6.31. The number of aliphatic carboxylic acids is 1. The van der Waals surface area contributed by atoms with E-state index in [-0.39, 0.29) is 12.0 Å². The van der Waals surface area contributed by atoms with Crippen LogP contribution < -0.4 is 4.90 Å². The maximum atomic E-state index is 11.2. The van der Waals surface area contributed by atoms with Crippen LogP contribution in [0.15, 0.2) is 24.4 Å². The van der Waals surface area contributed by atoms with Gasteiger partial charge in [-0.1, -0.05) is 11.6 Å². The molecule has 6 heteroatoms. The van der Waals surface area contributed by atoms with Gasteiger partial charge in [-0.05, 0) is 38.0 Å². The summed E-state index contributed by atoms with van der Waals surface area (Å²) in [6.45, 7) is 2.59. The summed E-state index contributed by atoms with van der Waals surface area (Å²) in [7, 11) is 0. The zero-order chi connectivity index (χ0) is 16.6. The van der Waals surface area contributed by atoms with Crippen molar-refractivity contribution in [2.24, 2.45) is 5.92 Å². The molecular formula is C17H16ClN3O2. The van der Waals surface area contributed by atoms with Crippen LogP contribution in [0.25, 0.3) is 10.9 Å². The van der Waals surface area contributed by atoms with Gasteiger partial charge in [-0.25, -0.2) is 0 Å². The summed E-state index contributed by atoms with van der Waals surface area (Å²) in [6, 6.07) is 7.64. The topological polar surface area (TPSA) is 77.2 Å². The molecule has 2 unspecified atom stereocenters. The van der Waals surface area contributed by atoms with Crippen LogP contribution in [-0.4, -0.2) is 28.6 Å². The Balaban J connectivity index is 2.10. The van der Waals surface area contributed by atoms with Crippen molar-refractivity contribution < 1.29 is 9.90 Å². The van der Waals surface area contributed by atoms with Crippen molar-refractivity contribution in [3.63, 3.8) is 0 Å². The maximum absolute atomic E-state index is 11.2. The standard InChI is InChI=1S/C17H16ClN3O2/c1-10-6-11(17(22)23)4-5-21(10)16-12(8-19)9-20-15-3-2-13(18)7-14(15)16/h2-3,7,9-11H,4-6H2,1H3,(H,22,23).